The van der Waals surface area contributed by atoms with Crippen LogP contribution in [-0.2, 0) is 14.3 Å². The Morgan fingerprint density at radius 1 is 1.24 bits per heavy atom. The lowest BCUT2D eigenvalue weighted by molar-refractivity contribution is -0.137. The summed E-state index contributed by atoms with van der Waals surface area (Å²) in [5.41, 5.74) is -0.500. The average Bonchev–Trinajstić information content (AvgIpc) is 2.66. The van der Waals surface area contributed by atoms with Crippen molar-refractivity contribution in [3.8, 4) is 5.88 Å². The van der Waals surface area contributed by atoms with Crippen LogP contribution < -0.4 is 10.1 Å². The fourth-order valence-electron chi connectivity index (χ4n) is 2.72. The molecule has 2 heterocycles. The number of nitrogens with one attached hydrogen (secondary N) is 1. The number of rotatable bonds is 7. The number of esters is 1. The van der Waals surface area contributed by atoms with Gasteiger partial charge < -0.3 is 24.4 Å². The number of carbonyl (C=O) groups excluding carboxylic acids is 2. The van der Waals surface area contributed by atoms with E-state index in [1.807, 2.05) is 20.8 Å². The highest BCUT2D eigenvalue weighted by Crippen LogP contribution is 2.22. The zero-order valence-electron chi connectivity index (χ0n) is 17.5. The predicted octanol–water partition coefficient (Wildman–Crippen LogP) is 2.79. The van der Waals surface area contributed by atoms with E-state index in [0.717, 1.165) is 12.8 Å². The topological polar surface area (TPSA) is 103 Å². The van der Waals surface area contributed by atoms with E-state index < -0.39 is 11.6 Å². The van der Waals surface area contributed by atoms with Gasteiger partial charge in [0.05, 0.1) is 6.61 Å². The van der Waals surface area contributed by atoms with Crippen LogP contribution in [0.1, 0.15) is 40.5 Å². The maximum atomic E-state index is 12.2. The first-order valence-electron chi connectivity index (χ1n) is 9.80. The first-order valence-corrected chi connectivity index (χ1v) is 9.80. The summed E-state index contributed by atoms with van der Waals surface area (Å²) in [5, 5.41) is 3.33. The van der Waals surface area contributed by atoms with Crippen molar-refractivity contribution in [3.63, 3.8) is 0 Å². The summed E-state index contributed by atoms with van der Waals surface area (Å²) in [6, 6.07) is 0.141. The maximum absolute atomic E-state index is 12.2. The lowest BCUT2D eigenvalue weighted by Crippen LogP contribution is -2.44. The van der Waals surface area contributed by atoms with E-state index in [9.17, 15) is 9.59 Å². The van der Waals surface area contributed by atoms with Gasteiger partial charge in [-0.15, -0.1) is 0 Å². The second-order valence-corrected chi connectivity index (χ2v) is 7.56. The highest BCUT2D eigenvalue weighted by Gasteiger charge is 2.27. The van der Waals surface area contributed by atoms with Crippen molar-refractivity contribution >= 4 is 17.9 Å². The number of aromatic nitrogens is 2. The Hall–Kier alpha value is -2.84. The van der Waals surface area contributed by atoms with Crippen molar-refractivity contribution < 1.29 is 23.8 Å². The predicted molar refractivity (Wildman–Crippen MR) is 108 cm³/mol. The minimum Gasteiger partial charge on any atom is -0.471 e. The summed E-state index contributed by atoms with van der Waals surface area (Å²) in [6.45, 7) is 9.02. The summed E-state index contributed by atoms with van der Waals surface area (Å²) in [4.78, 5) is 33.7. The third-order valence-electron chi connectivity index (χ3n) is 4.01. The zero-order chi connectivity index (χ0) is 21.3. The molecule has 0 aliphatic carbocycles. The highest BCUT2D eigenvalue weighted by molar-refractivity contribution is 5.81. The van der Waals surface area contributed by atoms with E-state index in [-0.39, 0.29) is 18.7 Å². The zero-order valence-corrected chi connectivity index (χ0v) is 17.5. The molecule has 0 atom stereocenters. The van der Waals surface area contributed by atoms with Crippen LogP contribution in [0.2, 0.25) is 0 Å². The fourth-order valence-corrected chi connectivity index (χ4v) is 2.72. The lowest BCUT2D eigenvalue weighted by atomic mass is 10.1. The van der Waals surface area contributed by atoms with Crippen molar-refractivity contribution in [1.29, 1.82) is 0 Å². The molecule has 9 nitrogen and oxygen atoms in total. The van der Waals surface area contributed by atoms with Gasteiger partial charge in [-0.1, -0.05) is 0 Å². The van der Waals surface area contributed by atoms with Crippen molar-refractivity contribution in [1.82, 2.24) is 14.9 Å². The first kappa shape index (κ1) is 22.4. The number of carbonyl (C=O) groups is 2. The molecule has 0 spiro atoms. The number of amides is 1. The number of nitrogens with zero attached hydrogens (tertiary/aromatic N) is 3. The Bertz CT molecular complexity index is 709. The second kappa shape index (κ2) is 10.6. The number of likely N-dealkylation sites (tertiary alicyclic amines) is 1. The van der Waals surface area contributed by atoms with Crippen molar-refractivity contribution in [2.45, 2.75) is 52.2 Å². The third-order valence-corrected chi connectivity index (χ3v) is 4.01. The molecule has 1 saturated heterocycles. The van der Waals surface area contributed by atoms with Crippen LogP contribution in [0.25, 0.3) is 0 Å². The van der Waals surface area contributed by atoms with E-state index in [4.69, 9.17) is 14.2 Å². The number of hydrogen-bond donors (Lipinski definition) is 1. The monoisotopic (exact) mass is 406 g/mol. The molecule has 0 aromatic carbocycles. The van der Waals surface area contributed by atoms with Crippen molar-refractivity contribution in [3.05, 3.63) is 24.5 Å². The Morgan fingerprint density at radius 2 is 1.93 bits per heavy atom. The Labute approximate surface area is 171 Å². The summed E-state index contributed by atoms with van der Waals surface area (Å²) in [5.74, 6) is 0.480. The lowest BCUT2D eigenvalue weighted by Gasteiger charge is -2.34. The molecular weight excluding hydrogens is 376 g/mol. The smallest absolute Gasteiger partial charge is 0.410 e. The van der Waals surface area contributed by atoms with Gasteiger partial charge in [0, 0.05) is 37.6 Å². The van der Waals surface area contributed by atoms with E-state index >= 15 is 0 Å². The molecule has 0 bridgehead atoms. The number of anilines is 1. The van der Waals surface area contributed by atoms with Gasteiger partial charge in [-0.3, -0.25) is 0 Å². The molecule has 1 aliphatic heterocycles. The standard InChI is InChI=1S/C20H30N4O5/c1-5-27-16(25)7-6-14-28-18-17(21-10-11-22-18)23-15-8-12-24(13-9-15)19(26)29-20(2,3)4/h6-7,10-11,15H,5,8-9,12-14H2,1-4H3,(H,21,23)/b7-6+. The Balaban J connectivity index is 1.84. The number of ether oxygens (including phenoxy) is 3. The largest absolute Gasteiger partial charge is 0.471 e. The Kier molecular flexibility index (Phi) is 8.23. The van der Waals surface area contributed by atoms with Gasteiger partial charge in [0.2, 0.25) is 0 Å². The quantitative estimate of drug-likeness (QED) is 0.545. The molecule has 1 aliphatic rings. The number of piperidine rings is 1. The molecular formula is C20H30N4O5. The molecule has 29 heavy (non-hydrogen) atoms. The molecule has 0 radical (unpaired) electrons. The van der Waals surface area contributed by atoms with Gasteiger partial charge in [0.15, 0.2) is 5.82 Å². The van der Waals surface area contributed by atoms with Gasteiger partial charge in [-0.25, -0.2) is 19.6 Å². The molecule has 0 saturated carbocycles. The third kappa shape index (κ3) is 7.97. The summed E-state index contributed by atoms with van der Waals surface area (Å²) in [7, 11) is 0. The van der Waals surface area contributed by atoms with Crippen molar-refractivity contribution in [2.24, 2.45) is 0 Å². The van der Waals surface area contributed by atoms with Crippen LogP contribution in [0.3, 0.4) is 0 Å². The van der Waals surface area contributed by atoms with Crippen LogP contribution in [0.5, 0.6) is 5.88 Å². The van der Waals surface area contributed by atoms with Crippen LogP contribution in [-0.4, -0.2) is 64.9 Å². The van der Waals surface area contributed by atoms with E-state index in [0.29, 0.717) is 31.4 Å². The first-order chi connectivity index (χ1) is 13.8. The summed E-state index contributed by atoms with van der Waals surface area (Å²) >= 11 is 0. The minimum absolute atomic E-state index is 0.141. The molecule has 1 fully saturated rings. The van der Waals surface area contributed by atoms with Gasteiger partial charge >= 0.3 is 12.1 Å². The molecule has 2 rings (SSSR count). The summed E-state index contributed by atoms with van der Waals surface area (Å²) < 4.78 is 15.8. The molecule has 160 valence electrons. The van der Waals surface area contributed by atoms with E-state index in [2.05, 4.69) is 15.3 Å². The van der Waals surface area contributed by atoms with Gasteiger partial charge in [0.25, 0.3) is 5.88 Å². The van der Waals surface area contributed by atoms with Gasteiger partial charge in [0.1, 0.15) is 12.2 Å². The minimum atomic E-state index is -0.500. The van der Waals surface area contributed by atoms with Gasteiger partial charge in [-0.2, -0.15) is 0 Å². The molecule has 1 N–H and O–H groups in total. The average molecular weight is 406 g/mol. The molecule has 1 amide bonds. The van der Waals surface area contributed by atoms with Gasteiger partial charge in [-0.05, 0) is 46.6 Å². The van der Waals surface area contributed by atoms with E-state index in [1.165, 1.54) is 6.08 Å². The second-order valence-electron chi connectivity index (χ2n) is 7.56. The van der Waals surface area contributed by atoms with Crippen LogP contribution in [0.15, 0.2) is 24.5 Å². The molecule has 1 aromatic rings. The van der Waals surface area contributed by atoms with Crippen LogP contribution in [0, 0.1) is 0 Å². The van der Waals surface area contributed by atoms with E-state index in [1.54, 1.807) is 30.3 Å². The van der Waals surface area contributed by atoms with Crippen LogP contribution in [0.4, 0.5) is 10.6 Å². The number of hydrogen-bond acceptors (Lipinski definition) is 8. The molecule has 1 aromatic heterocycles. The summed E-state index contributed by atoms with van der Waals surface area (Å²) in [6.07, 6.45) is 7.25. The molecule has 9 heteroatoms. The van der Waals surface area contributed by atoms with Crippen LogP contribution >= 0.6 is 0 Å². The Morgan fingerprint density at radius 3 is 2.59 bits per heavy atom. The SMILES string of the molecule is CCOC(=O)/C=C/COc1nccnc1NC1CCN(C(=O)OC(C)(C)C)CC1. The normalized spacial score (nSPS) is 15.2. The maximum Gasteiger partial charge on any atom is 0.410 e. The highest BCUT2D eigenvalue weighted by atomic mass is 16.6. The van der Waals surface area contributed by atoms with Crippen molar-refractivity contribution in [2.75, 3.05) is 31.6 Å². The molecule has 0 unspecified atom stereocenters. The fraction of sp³-hybridized carbons (Fsp3) is 0.600.